The van der Waals surface area contributed by atoms with Crippen LogP contribution in [0.1, 0.15) is 6.42 Å². The normalized spacial score (nSPS) is 22.1. The Hall–Kier alpha value is -1.76. The third-order valence-electron chi connectivity index (χ3n) is 4.43. The highest BCUT2D eigenvalue weighted by atomic mass is 79.9. The maximum Gasteiger partial charge on any atom is 0.332 e. The fraction of sp³-hybridized carbons (Fsp3) is 0.222. The lowest BCUT2D eigenvalue weighted by Gasteiger charge is -2.19. The van der Waals surface area contributed by atoms with Crippen LogP contribution in [0.3, 0.4) is 0 Å². The number of fused-ring (bicyclic) bond motifs is 1. The van der Waals surface area contributed by atoms with Gasteiger partial charge in [-0.1, -0.05) is 39.1 Å². The molecule has 8 heteroatoms. The van der Waals surface area contributed by atoms with Gasteiger partial charge in [-0.3, -0.25) is 4.79 Å². The first-order chi connectivity index (χ1) is 12.4. The van der Waals surface area contributed by atoms with Crippen LogP contribution >= 0.6 is 39.1 Å². The molecule has 2 aliphatic rings. The lowest BCUT2D eigenvalue weighted by Crippen LogP contribution is -2.36. The molecule has 2 aromatic rings. The number of amides is 3. The molecule has 0 spiro atoms. The van der Waals surface area contributed by atoms with E-state index in [-0.39, 0.29) is 18.0 Å². The van der Waals surface area contributed by atoms with Gasteiger partial charge in [-0.15, -0.1) is 0 Å². The summed E-state index contributed by atoms with van der Waals surface area (Å²) in [6, 6.07) is 11.2. The number of imide groups is 1. The highest BCUT2D eigenvalue weighted by Gasteiger charge is 2.51. The summed E-state index contributed by atoms with van der Waals surface area (Å²) in [7, 11) is 0. The van der Waals surface area contributed by atoms with Crippen LogP contribution < -0.4 is 9.64 Å². The second-order valence-corrected chi connectivity index (χ2v) is 7.97. The highest BCUT2D eigenvalue weighted by molar-refractivity contribution is 9.10. The molecule has 0 radical (unpaired) electrons. The van der Waals surface area contributed by atoms with Gasteiger partial charge in [0.25, 0.3) is 5.91 Å². The van der Waals surface area contributed by atoms with Gasteiger partial charge >= 0.3 is 6.03 Å². The number of benzene rings is 2. The Morgan fingerprint density at radius 2 is 1.69 bits per heavy atom. The largest absolute Gasteiger partial charge is 0.488 e. The van der Waals surface area contributed by atoms with E-state index in [0.29, 0.717) is 34.4 Å². The number of rotatable bonds is 3. The van der Waals surface area contributed by atoms with Gasteiger partial charge in [-0.25, -0.2) is 9.69 Å². The number of carbonyl (C=O) groups excluding carboxylic acids is 2. The molecule has 26 heavy (non-hydrogen) atoms. The van der Waals surface area contributed by atoms with Gasteiger partial charge in [0.2, 0.25) is 0 Å². The van der Waals surface area contributed by atoms with E-state index >= 15 is 0 Å². The first-order valence-electron chi connectivity index (χ1n) is 7.95. The minimum absolute atomic E-state index is 0.223. The van der Waals surface area contributed by atoms with E-state index in [4.69, 9.17) is 27.9 Å². The maximum absolute atomic E-state index is 12.8. The fourth-order valence-electron chi connectivity index (χ4n) is 3.31. The fourth-order valence-corrected chi connectivity index (χ4v) is 4.09. The Labute approximate surface area is 168 Å². The van der Waals surface area contributed by atoms with Crippen LogP contribution in [0, 0.1) is 0 Å². The summed E-state index contributed by atoms with van der Waals surface area (Å²) in [6.07, 6.45) is 0.227. The minimum Gasteiger partial charge on any atom is -0.488 e. The predicted octanol–water partition coefficient (Wildman–Crippen LogP) is 4.74. The number of ether oxygens (including phenoxy) is 1. The van der Waals surface area contributed by atoms with Crippen molar-refractivity contribution in [3.8, 4) is 5.75 Å². The van der Waals surface area contributed by atoms with E-state index in [9.17, 15) is 9.59 Å². The molecule has 0 aliphatic carbocycles. The number of halogens is 3. The van der Waals surface area contributed by atoms with Crippen LogP contribution in [0.4, 0.5) is 10.5 Å². The smallest absolute Gasteiger partial charge is 0.332 e. The molecule has 2 saturated heterocycles. The molecular formula is C18H13BrCl2N2O3. The Kier molecular flexibility index (Phi) is 4.59. The van der Waals surface area contributed by atoms with Crippen molar-refractivity contribution in [2.75, 3.05) is 11.4 Å². The minimum atomic E-state index is -0.527. The van der Waals surface area contributed by atoms with Gasteiger partial charge in [0.1, 0.15) is 17.9 Å². The predicted molar refractivity (Wildman–Crippen MR) is 103 cm³/mol. The van der Waals surface area contributed by atoms with E-state index in [2.05, 4.69) is 15.9 Å². The number of nitrogens with zero attached hydrogens (tertiary/aromatic N) is 2. The zero-order valence-corrected chi connectivity index (χ0v) is 16.5. The number of hydrogen-bond acceptors (Lipinski definition) is 3. The summed E-state index contributed by atoms with van der Waals surface area (Å²) in [5, 5.41) is 0.744. The highest BCUT2D eigenvalue weighted by Crippen LogP contribution is 2.35. The van der Waals surface area contributed by atoms with Gasteiger partial charge in [0, 0.05) is 20.9 Å². The van der Waals surface area contributed by atoms with Crippen molar-refractivity contribution in [3.05, 3.63) is 57.0 Å². The molecule has 5 nitrogen and oxygen atoms in total. The van der Waals surface area contributed by atoms with Gasteiger partial charge in [-0.05, 0) is 42.5 Å². The summed E-state index contributed by atoms with van der Waals surface area (Å²) in [5.74, 6) is 0.424. The Morgan fingerprint density at radius 3 is 2.31 bits per heavy atom. The average molecular weight is 456 g/mol. The first-order valence-corrected chi connectivity index (χ1v) is 9.50. The SMILES string of the molecule is O=C1C2CC(Oc3ccc(Br)cc3)CN2C(=O)N1c1cc(Cl)cc(Cl)c1. The van der Waals surface area contributed by atoms with Crippen molar-refractivity contribution in [2.45, 2.75) is 18.6 Å². The van der Waals surface area contributed by atoms with Crippen molar-refractivity contribution in [1.29, 1.82) is 0 Å². The van der Waals surface area contributed by atoms with Crippen molar-refractivity contribution in [1.82, 2.24) is 4.90 Å². The lowest BCUT2D eigenvalue weighted by molar-refractivity contribution is -0.119. The molecule has 2 unspecified atom stereocenters. The Balaban J connectivity index is 1.51. The molecular weight excluding hydrogens is 443 g/mol. The Bertz CT molecular complexity index is 846. The van der Waals surface area contributed by atoms with Gasteiger partial charge in [0.15, 0.2) is 0 Å². The zero-order valence-electron chi connectivity index (χ0n) is 13.4. The number of hydrogen-bond donors (Lipinski definition) is 0. The number of carbonyl (C=O) groups is 2. The zero-order chi connectivity index (χ0) is 18.4. The molecule has 2 aromatic carbocycles. The molecule has 0 aromatic heterocycles. The molecule has 2 fully saturated rings. The quantitative estimate of drug-likeness (QED) is 0.627. The third-order valence-corrected chi connectivity index (χ3v) is 5.39. The van der Waals surface area contributed by atoms with Crippen LogP contribution in [-0.2, 0) is 4.79 Å². The summed E-state index contributed by atoms with van der Waals surface area (Å²) >= 11 is 15.4. The van der Waals surface area contributed by atoms with E-state index in [1.165, 1.54) is 0 Å². The molecule has 3 amide bonds. The lowest BCUT2D eigenvalue weighted by atomic mass is 10.2. The standard InChI is InChI=1S/C18H13BrCl2N2O3/c19-10-1-3-14(4-2-10)26-15-8-16-17(24)23(18(25)22(16)9-15)13-6-11(20)5-12(21)7-13/h1-7,15-16H,8-9H2. The summed E-state index contributed by atoms with van der Waals surface area (Å²) < 4.78 is 6.87. The van der Waals surface area contributed by atoms with Gasteiger partial charge in [0.05, 0.1) is 12.2 Å². The molecule has 2 aliphatic heterocycles. The van der Waals surface area contributed by atoms with Crippen molar-refractivity contribution < 1.29 is 14.3 Å². The summed E-state index contributed by atoms with van der Waals surface area (Å²) in [6.45, 7) is 0.357. The molecule has 0 N–H and O–H groups in total. The van der Waals surface area contributed by atoms with Crippen molar-refractivity contribution in [2.24, 2.45) is 0 Å². The molecule has 134 valence electrons. The Morgan fingerprint density at radius 1 is 1.04 bits per heavy atom. The van der Waals surface area contributed by atoms with E-state index < -0.39 is 6.04 Å². The van der Waals surface area contributed by atoms with E-state index in [0.717, 1.165) is 9.37 Å². The van der Waals surface area contributed by atoms with Crippen LogP contribution in [-0.4, -0.2) is 35.5 Å². The molecule has 2 atom stereocenters. The van der Waals surface area contributed by atoms with Crippen molar-refractivity contribution >= 4 is 56.8 Å². The van der Waals surface area contributed by atoms with E-state index in [1.54, 1.807) is 23.1 Å². The second kappa shape index (κ2) is 6.76. The van der Waals surface area contributed by atoms with Crippen LogP contribution in [0.25, 0.3) is 0 Å². The van der Waals surface area contributed by atoms with Crippen molar-refractivity contribution in [3.63, 3.8) is 0 Å². The molecule has 0 saturated carbocycles. The first kappa shape index (κ1) is 17.6. The monoisotopic (exact) mass is 454 g/mol. The summed E-state index contributed by atoms with van der Waals surface area (Å²) in [4.78, 5) is 28.2. The second-order valence-electron chi connectivity index (χ2n) is 6.18. The topological polar surface area (TPSA) is 49.9 Å². The number of anilines is 1. The maximum atomic E-state index is 12.8. The molecule has 0 bridgehead atoms. The van der Waals surface area contributed by atoms with Gasteiger partial charge in [-0.2, -0.15) is 0 Å². The molecule has 4 rings (SSSR count). The van der Waals surface area contributed by atoms with Crippen LogP contribution in [0.15, 0.2) is 46.9 Å². The van der Waals surface area contributed by atoms with E-state index in [1.807, 2.05) is 24.3 Å². The van der Waals surface area contributed by atoms with Crippen LogP contribution in [0.5, 0.6) is 5.75 Å². The summed E-state index contributed by atoms with van der Waals surface area (Å²) in [5.41, 5.74) is 0.386. The number of urea groups is 1. The third kappa shape index (κ3) is 3.17. The van der Waals surface area contributed by atoms with Gasteiger partial charge < -0.3 is 9.64 Å². The average Bonchev–Trinajstić information content (AvgIpc) is 3.08. The molecule has 2 heterocycles. The van der Waals surface area contributed by atoms with Crippen LogP contribution in [0.2, 0.25) is 10.0 Å².